The molecular formula is C34H24Br2N4O2. The molecule has 0 saturated heterocycles. The summed E-state index contributed by atoms with van der Waals surface area (Å²) >= 11 is 7.07. The summed E-state index contributed by atoms with van der Waals surface area (Å²) < 4.78 is 1.76. The zero-order valence-electron chi connectivity index (χ0n) is 22.3. The van der Waals surface area contributed by atoms with Gasteiger partial charge in [-0.3, -0.25) is 19.4 Å². The van der Waals surface area contributed by atoms with Gasteiger partial charge in [0.05, 0.1) is 0 Å². The fourth-order valence-electron chi connectivity index (χ4n) is 4.83. The number of amidine groups is 2. The number of aliphatic imine (C=N–C) groups is 2. The zero-order valence-corrected chi connectivity index (χ0v) is 25.5. The van der Waals surface area contributed by atoms with Crippen molar-refractivity contribution < 1.29 is 9.59 Å². The third kappa shape index (κ3) is 5.95. The van der Waals surface area contributed by atoms with Gasteiger partial charge in [-0.05, 0) is 47.5 Å². The second kappa shape index (κ2) is 12.2. The molecule has 0 atom stereocenters. The second-order valence-electron chi connectivity index (χ2n) is 9.69. The van der Waals surface area contributed by atoms with E-state index in [1.165, 1.54) is 0 Å². The molecule has 4 aromatic carbocycles. The predicted octanol–water partition coefficient (Wildman–Crippen LogP) is 7.17. The van der Waals surface area contributed by atoms with Crippen LogP contribution in [0, 0.1) is 0 Å². The highest BCUT2D eigenvalue weighted by molar-refractivity contribution is 9.10. The van der Waals surface area contributed by atoms with Gasteiger partial charge in [-0.1, -0.05) is 117 Å². The number of halogens is 2. The van der Waals surface area contributed by atoms with Gasteiger partial charge in [0.2, 0.25) is 0 Å². The van der Waals surface area contributed by atoms with Crippen LogP contribution in [0.3, 0.4) is 0 Å². The Morgan fingerprint density at radius 2 is 0.952 bits per heavy atom. The van der Waals surface area contributed by atoms with Crippen LogP contribution < -0.4 is 0 Å². The van der Waals surface area contributed by atoms with Gasteiger partial charge < -0.3 is 0 Å². The molecule has 0 unspecified atom stereocenters. The summed E-state index contributed by atoms with van der Waals surface area (Å²) in [4.78, 5) is 40.3. The number of nitrogens with zero attached hydrogens (tertiary/aromatic N) is 4. The number of hydrogen-bond acceptors (Lipinski definition) is 4. The Balaban J connectivity index is 1.34. The van der Waals surface area contributed by atoms with Crippen LogP contribution in [0.4, 0.5) is 0 Å². The lowest BCUT2D eigenvalue weighted by atomic mass is 10.1. The first-order valence-electron chi connectivity index (χ1n) is 13.3. The number of amides is 2. The molecule has 8 heteroatoms. The topological polar surface area (TPSA) is 65.3 Å². The van der Waals surface area contributed by atoms with Crippen LogP contribution in [0.25, 0.3) is 12.2 Å². The van der Waals surface area contributed by atoms with Gasteiger partial charge in [0, 0.05) is 33.2 Å². The van der Waals surface area contributed by atoms with E-state index in [1.807, 2.05) is 109 Å². The van der Waals surface area contributed by atoms with Crippen LogP contribution in [-0.2, 0) is 9.59 Å². The SMILES string of the molecule is O=C1/C(=C/c2ccccc2)N=C(c2cccc(Br)c2)N1CCN1C(=O)/C(=C\c2ccccc2)N=C1c1cccc(Br)c1. The van der Waals surface area contributed by atoms with Crippen LogP contribution in [-0.4, -0.2) is 46.4 Å². The quantitative estimate of drug-likeness (QED) is 0.195. The summed E-state index contributed by atoms with van der Waals surface area (Å²) in [7, 11) is 0. The monoisotopic (exact) mass is 678 g/mol. The average molecular weight is 680 g/mol. The third-order valence-electron chi connectivity index (χ3n) is 6.81. The van der Waals surface area contributed by atoms with Crippen molar-refractivity contribution in [1.82, 2.24) is 9.80 Å². The first-order valence-corrected chi connectivity index (χ1v) is 14.9. The van der Waals surface area contributed by atoms with Crippen molar-refractivity contribution in [3.8, 4) is 0 Å². The van der Waals surface area contributed by atoms with E-state index < -0.39 is 0 Å². The van der Waals surface area contributed by atoms with Gasteiger partial charge in [0.25, 0.3) is 11.8 Å². The summed E-state index contributed by atoms with van der Waals surface area (Å²) in [6, 6.07) is 34.7. The Morgan fingerprint density at radius 1 is 0.548 bits per heavy atom. The molecule has 206 valence electrons. The molecule has 4 aromatic rings. The molecule has 0 spiro atoms. The molecule has 2 aliphatic rings. The van der Waals surface area contributed by atoms with Crippen molar-refractivity contribution >= 4 is 67.5 Å². The normalized spacial score (nSPS) is 16.9. The van der Waals surface area contributed by atoms with E-state index in [2.05, 4.69) is 31.9 Å². The fourth-order valence-corrected chi connectivity index (χ4v) is 5.63. The second-order valence-corrected chi connectivity index (χ2v) is 11.5. The van der Waals surface area contributed by atoms with E-state index in [-0.39, 0.29) is 24.9 Å². The molecule has 6 rings (SSSR count). The number of hydrogen-bond donors (Lipinski definition) is 0. The van der Waals surface area contributed by atoms with Crippen LogP contribution in [0.5, 0.6) is 0 Å². The van der Waals surface area contributed by atoms with Crippen LogP contribution in [0.2, 0.25) is 0 Å². The summed E-state index contributed by atoms with van der Waals surface area (Å²) in [6.45, 7) is 0.460. The molecule has 0 aromatic heterocycles. The minimum absolute atomic E-state index is 0.221. The molecule has 0 N–H and O–H groups in total. The summed E-state index contributed by atoms with van der Waals surface area (Å²) in [5.41, 5.74) is 4.05. The van der Waals surface area contributed by atoms with Crippen LogP contribution in [0.1, 0.15) is 22.3 Å². The molecular weight excluding hydrogens is 656 g/mol. The lowest BCUT2D eigenvalue weighted by molar-refractivity contribution is -0.125. The number of carbonyl (C=O) groups excluding carboxylic acids is 2. The number of benzene rings is 4. The smallest absolute Gasteiger partial charge is 0.278 e. The van der Waals surface area contributed by atoms with E-state index in [1.54, 1.807) is 22.0 Å². The highest BCUT2D eigenvalue weighted by Crippen LogP contribution is 2.27. The number of carbonyl (C=O) groups is 2. The third-order valence-corrected chi connectivity index (χ3v) is 7.80. The zero-order chi connectivity index (χ0) is 29.1. The maximum absolute atomic E-state index is 13.7. The Morgan fingerprint density at radius 3 is 1.33 bits per heavy atom. The highest BCUT2D eigenvalue weighted by Gasteiger charge is 2.35. The molecule has 0 radical (unpaired) electrons. The maximum atomic E-state index is 13.7. The van der Waals surface area contributed by atoms with Gasteiger partial charge in [0.1, 0.15) is 23.1 Å². The van der Waals surface area contributed by atoms with E-state index >= 15 is 0 Å². The molecule has 0 fully saturated rings. The van der Waals surface area contributed by atoms with Gasteiger partial charge in [0.15, 0.2) is 0 Å². The first-order chi connectivity index (χ1) is 20.5. The molecule has 42 heavy (non-hydrogen) atoms. The van der Waals surface area contributed by atoms with Crippen molar-refractivity contribution in [3.05, 3.63) is 152 Å². The fraction of sp³-hybridized carbons (Fsp3) is 0.0588. The summed E-state index contributed by atoms with van der Waals surface area (Å²) in [5.74, 6) is 0.634. The van der Waals surface area contributed by atoms with Gasteiger partial charge in [-0.15, -0.1) is 0 Å². The van der Waals surface area contributed by atoms with Crippen molar-refractivity contribution in [1.29, 1.82) is 0 Å². The lowest BCUT2D eigenvalue weighted by Crippen LogP contribution is -2.42. The standard InChI is InChI=1S/C34H24Br2N4O2/c35-27-15-7-13-25(21-27)31-37-29(19-23-9-3-1-4-10-23)33(41)39(31)17-18-40-32(26-14-8-16-28(36)22-26)38-30(34(40)42)20-24-11-5-2-6-12-24/h1-16,19-22H,17-18H2/b29-19-,30-20+. The van der Waals surface area contributed by atoms with Gasteiger partial charge in [-0.2, -0.15) is 0 Å². The largest absolute Gasteiger partial charge is 0.289 e. The van der Waals surface area contributed by atoms with Gasteiger partial charge in [-0.25, -0.2) is 9.98 Å². The molecule has 0 saturated carbocycles. The Hall–Kier alpha value is -4.40. The number of rotatable bonds is 7. The minimum Gasteiger partial charge on any atom is -0.289 e. The van der Waals surface area contributed by atoms with Crippen LogP contribution in [0.15, 0.2) is 140 Å². The van der Waals surface area contributed by atoms with E-state index in [0.29, 0.717) is 23.1 Å². The van der Waals surface area contributed by atoms with Crippen molar-refractivity contribution in [2.75, 3.05) is 13.1 Å². The molecule has 0 aliphatic carbocycles. The summed E-state index contributed by atoms with van der Waals surface area (Å²) in [5, 5.41) is 0. The predicted molar refractivity (Wildman–Crippen MR) is 174 cm³/mol. The maximum Gasteiger partial charge on any atom is 0.278 e. The molecule has 2 amide bonds. The Kier molecular flexibility index (Phi) is 8.08. The van der Waals surface area contributed by atoms with Crippen LogP contribution >= 0.6 is 31.9 Å². The average Bonchev–Trinajstić information content (AvgIpc) is 3.48. The summed E-state index contributed by atoms with van der Waals surface area (Å²) in [6.07, 6.45) is 3.58. The van der Waals surface area contributed by atoms with Crippen molar-refractivity contribution in [2.45, 2.75) is 0 Å². The molecule has 2 heterocycles. The van der Waals surface area contributed by atoms with Crippen molar-refractivity contribution in [3.63, 3.8) is 0 Å². The lowest BCUT2D eigenvalue weighted by Gasteiger charge is -2.24. The minimum atomic E-state index is -0.221. The first kappa shape index (κ1) is 27.8. The van der Waals surface area contributed by atoms with Gasteiger partial charge >= 0.3 is 0 Å². The molecule has 6 nitrogen and oxygen atoms in total. The van der Waals surface area contributed by atoms with E-state index in [4.69, 9.17) is 9.98 Å². The molecule has 0 bridgehead atoms. The van der Waals surface area contributed by atoms with E-state index in [9.17, 15) is 9.59 Å². The van der Waals surface area contributed by atoms with Crippen molar-refractivity contribution in [2.24, 2.45) is 9.98 Å². The van der Waals surface area contributed by atoms with E-state index in [0.717, 1.165) is 31.2 Å². The molecule has 2 aliphatic heterocycles. The Labute approximate surface area is 260 Å². The highest BCUT2D eigenvalue weighted by atomic mass is 79.9. The Bertz CT molecular complexity index is 1660.